The lowest BCUT2D eigenvalue weighted by atomic mass is 9.63. The number of rotatable bonds is 6. The second-order valence-corrected chi connectivity index (χ2v) is 9.63. The number of hydrogen-bond acceptors (Lipinski definition) is 1. The molecule has 0 aliphatic heterocycles. The SMILES string of the molecule is C/C=C/CCC1CCC2CC(c3ccc(C#Cc4ccc(OC(F)F)cc4)cc3)CCC2C1. The normalized spacial score (nSPS) is 24.8. The molecule has 3 heteroatoms. The van der Waals surface area contributed by atoms with Gasteiger partial charge in [-0.1, -0.05) is 42.5 Å². The highest BCUT2D eigenvalue weighted by Gasteiger charge is 2.35. The average Bonchev–Trinajstić information content (AvgIpc) is 2.83. The Bertz CT molecular complexity index is 965. The summed E-state index contributed by atoms with van der Waals surface area (Å²) in [5.41, 5.74) is 3.20. The van der Waals surface area contributed by atoms with Crippen molar-refractivity contribution in [3.8, 4) is 17.6 Å². The van der Waals surface area contributed by atoms with E-state index >= 15 is 0 Å². The molecule has 0 saturated heterocycles. The van der Waals surface area contributed by atoms with Crippen LogP contribution in [0.15, 0.2) is 60.7 Å². The Balaban J connectivity index is 1.30. The van der Waals surface area contributed by atoms with E-state index in [-0.39, 0.29) is 5.75 Å². The summed E-state index contributed by atoms with van der Waals surface area (Å²) in [5.74, 6) is 9.88. The van der Waals surface area contributed by atoms with E-state index in [2.05, 4.69) is 59.9 Å². The summed E-state index contributed by atoms with van der Waals surface area (Å²) in [6.45, 7) is -0.689. The highest BCUT2D eigenvalue weighted by Crippen LogP contribution is 2.48. The summed E-state index contributed by atoms with van der Waals surface area (Å²) in [7, 11) is 0. The molecule has 33 heavy (non-hydrogen) atoms. The fourth-order valence-electron chi connectivity index (χ4n) is 5.75. The molecule has 2 aromatic rings. The smallest absolute Gasteiger partial charge is 0.387 e. The van der Waals surface area contributed by atoms with E-state index in [9.17, 15) is 8.78 Å². The minimum absolute atomic E-state index is 0.150. The molecule has 0 bridgehead atoms. The topological polar surface area (TPSA) is 9.23 Å². The van der Waals surface area contributed by atoms with Crippen molar-refractivity contribution >= 4 is 0 Å². The number of alkyl halides is 2. The van der Waals surface area contributed by atoms with Crippen LogP contribution in [-0.4, -0.2) is 6.61 Å². The molecule has 0 spiro atoms. The third-order valence-corrected chi connectivity index (χ3v) is 7.51. The summed E-state index contributed by atoms with van der Waals surface area (Å²) in [6, 6.07) is 15.2. The fraction of sp³-hybridized carbons (Fsp3) is 0.467. The summed E-state index contributed by atoms with van der Waals surface area (Å²) in [4.78, 5) is 0. The molecular weight excluding hydrogens is 414 g/mol. The van der Waals surface area contributed by atoms with Crippen LogP contribution >= 0.6 is 0 Å². The first kappa shape index (κ1) is 23.6. The zero-order valence-electron chi connectivity index (χ0n) is 19.5. The molecule has 1 nitrogen and oxygen atoms in total. The van der Waals surface area contributed by atoms with Crippen molar-refractivity contribution in [1.82, 2.24) is 0 Å². The number of fused-ring (bicyclic) bond motifs is 1. The molecule has 2 aromatic carbocycles. The minimum Gasteiger partial charge on any atom is -0.435 e. The van der Waals surface area contributed by atoms with E-state index < -0.39 is 6.61 Å². The highest BCUT2D eigenvalue weighted by molar-refractivity contribution is 5.45. The van der Waals surface area contributed by atoms with Gasteiger partial charge in [-0.2, -0.15) is 8.78 Å². The Labute approximate surface area is 197 Å². The van der Waals surface area contributed by atoms with Crippen LogP contribution in [0, 0.1) is 29.6 Å². The quantitative estimate of drug-likeness (QED) is 0.319. The minimum atomic E-state index is -2.81. The van der Waals surface area contributed by atoms with E-state index in [0.29, 0.717) is 5.92 Å². The number of hydrogen-bond donors (Lipinski definition) is 0. The Morgan fingerprint density at radius 3 is 2.18 bits per heavy atom. The summed E-state index contributed by atoms with van der Waals surface area (Å²) in [6.07, 6.45) is 15.4. The zero-order valence-corrected chi connectivity index (χ0v) is 19.5. The summed E-state index contributed by atoms with van der Waals surface area (Å²) in [5, 5.41) is 0. The van der Waals surface area contributed by atoms with Crippen LogP contribution < -0.4 is 4.74 Å². The second-order valence-electron chi connectivity index (χ2n) is 9.63. The van der Waals surface area contributed by atoms with Crippen molar-refractivity contribution < 1.29 is 13.5 Å². The lowest BCUT2D eigenvalue weighted by Gasteiger charge is -2.42. The van der Waals surface area contributed by atoms with Gasteiger partial charge in [0.05, 0.1) is 0 Å². The molecule has 2 aliphatic carbocycles. The third-order valence-electron chi connectivity index (χ3n) is 7.51. The highest BCUT2D eigenvalue weighted by atomic mass is 19.3. The number of benzene rings is 2. The van der Waals surface area contributed by atoms with Gasteiger partial charge in [0.25, 0.3) is 0 Å². The van der Waals surface area contributed by atoms with E-state index in [0.717, 1.165) is 28.9 Å². The first-order valence-electron chi connectivity index (χ1n) is 12.4. The number of halogens is 2. The predicted octanol–water partition coefficient (Wildman–Crippen LogP) is 8.34. The molecule has 2 aliphatic rings. The van der Waals surface area contributed by atoms with Crippen molar-refractivity contribution in [2.75, 3.05) is 0 Å². The van der Waals surface area contributed by atoms with Crippen LogP contribution in [-0.2, 0) is 0 Å². The molecule has 4 unspecified atom stereocenters. The van der Waals surface area contributed by atoms with Crippen molar-refractivity contribution in [1.29, 1.82) is 0 Å². The van der Waals surface area contributed by atoms with Crippen LogP contribution in [0.4, 0.5) is 8.78 Å². The van der Waals surface area contributed by atoms with Crippen molar-refractivity contribution in [3.63, 3.8) is 0 Å². The van der Waals surface area contributed by atoms with Crippen LogP contribution in [0.5, 0.6) is 5.75 Å². The maximum Gasteiger partial charge on any atom is 0.387 e. The van der Waals surface area contributed by atoms with Crippen LogP contribution in [0.2, 0.25) is 0 Å². The van der Waals surface area contributed by atoms with Crippen LogP contribution in [0.25, 0.3) is 0 Å². The molecule has 4 rings (SSSR count). The molecule has 174 valence electrons. The van der Waals surface area contributed by atoms with Gasteiger partial charge in [0, 0.05) is 11.1 Å². The van der Waals surface area contributed by atoms with Gasteiger partial charge in [0.1, 0.15) is 5.75 Å². The third kappa shape index (κ3) is 6.70. The predicted molar refractivity (Wildman–Crippen MR) is 130 cm³/mol. The maximum atomic E-state index is 12.3. The molecule has 0 radical (unpaired) electrons. The van der Waals surface area contributed by atoms with Crippen LogP contribution in [0.3, 0.4) is 0 Å². The first-order valence-corrected chi connectivity index (χ1v) is 12.4. The van der Waals surface area contributed by atoms with Gasteiger partial charge in [0.2, 0.25) is 0 Å². The second kappa shape index (κ2) is 11.5. The molecule has 0 aromatic heterocycles. The Hall–Kier alpha value is -2.60. The molecule has 0 N–H and O–H groups in total. The zero-order chi connectivity index (χ0) is 23.0. The van der Waals surface area contributed by atoms with Crippen LogP contribution in [0.1, 0.15) is 80.9 Å². The van der Waals surface area contributed by atoms with Gasteiger partial charge in [-0.05, 0) is 118 Å². The lowest BCUT2D eigenvalue weighted by molar-refractivity contribution is -0.0498. The fourth-order valence-corrected chi connectivity index (χ4v) is 5.75. The molecule has 0 amide bonds. The van der Waals surface area contributed by atoms with E-state index in [1.807, 2.05) is 0 Å². The van der Waals surface area contributed by atoms with Crippen molar-refractivity contribution in [3.05, 3.63) is 77.4 Å². The lowest BCUT2D eigenvalue weighted by Crippen LogP contribution is -2.30. The van der Waals surface area contributed by atoms with Gasteiger partial charge in [0.15, 0.2) is 0 Å². The summed E-state index contributed by atoms with van der Waals surface area (Å²) >= 11 is 0. The first-order chi connectivity index (χ1) is 16.1. The Kier molecular flexibility index (Phi) is 8.21. The van der Waals surface area contributed by atoms with E-state index in [1.54, 1.807) is 12.1 Å². The largest absolute Gasteiger partial charge is 0.435 e. The monoisotopic (exact) mass is 448 g/mol. The Morgan fingerprint density at radius 1 is 0.879 bits per heavy atom. The maximum absolute atomic E-state index is 12.3. The summed E-state index contributed by atoms with van der Waals surface area (Å²) < 4.78 is 28.9. The van der Waals surface area contributed by atoms with Crippen molar-refractivity contribution in [2.24, 2.45) is 17.8 Å². The van der Waals surface area contributed by atoms with Gasteiger partial charge >= 0.3 is 6.61 Å². The average molecular weight is 449 g/mol. The molecular formula is C30H34F2O. The Morgan fingerprint density at radius 2 is 1.52 bits per heavy atom. The van der Waals surface area contributed by atoms with Gasteiger partial charge in [-0.3, -0.25) is 0 Å². The molecule has 4 atom stereocenters. The van der Waals surface area contributed by atoms with Gasteiger partial charge in [-0.15, -0.1) is 0 Å². The van der Waals surface area contributed by atoms with Gasteiger partial charge in [-0.25, -0.2) is 0 Å². The van der Waals surface area contributed by atoms with Gasteiger partial charge < -0.3 is 4.74 Å². The van der Waals surface area contributed by atoms with E-state index in [1.165, 1.54) is 69.1 Å². The van der Waals surface area contributed by atoms with Crippen molar-refractivity contribution in [2.45, 2.75) is 70.8 Å². The van der Waals surface area contributed by atoms with E-state index in [4.69, 9.17) is 0 Å². The molecule has 0 heterocycles. The molecule has 2 saturated carbocycles. The standard InChI is InChI=1S/C30H34F2O/c1-2-3-4-5-24-10-15-28-21-27(17-16-26(28)20-24)25-13-8-22(9-14-25)6-7-23-11-18-29(19-12-23)33-30(31)32/h2-3,8-9,11-14,18-19,24,26-28,30H,4-5,10,15-17,20-21H2,1H3/b3-2+. The number of ether oxygens (including phenoxy) is 1. The number of allylic oxidation sites excluding steroid dienone is 2. The molecule has 2 fully saturated rings.